The zero-order valence-corrected chi connectivity index (χ0v) is 10.4. The summed E-state index contributed by atoms with van der Waals surface area (Å²) in [6.45, 7) is 3.52. The summed E-state index contributed by atoms with van der Waals surface area (Å²) in [4.78, 5) is 2.01. The SMILES string of the molecule is CCN1CCC(NS(=O)OC)CC1C(O)O. The lowest BCUT2D eigenvalue weighted by molar-refractivity contribution is -0.111. The van der Waals surface area contributed by atoms with E-state index in [9.17, 15) is 14.4 Å². The van der Waals surface area contributed by atoms with Gasteiger partial charge in [-0.2, -0.15) is 0 Å². The summed E-state index contributed by atoms with van der Waals surface area (Å²) in [6.07, 6.45) is 0.0211. The van der Waals surface area contributed by atoms with Gasteiger partial charge in [-0.05, 0) is 19.4 Å². The monoisotopic (exact) mass is 252 g/mol. The predicted molar refractivity (Wildman–Crippen MR) is 60.6 cm³/mol. The van der Waals surface area contributed by atoms with Crippen molar-refractivity contribution in [2.75, 3.05) is 20.2 Å². The highest BCUT2D eigenvalue weighted by molar-refractivity contribution is 7.78. The number of hydrogen-bond acceptors (Lipinski definition) is 5. The van der Waals surface area contributed by atoms with Crippen molar-refractivity contribution in [3.8, 4) is 0 Å². The molecule has 1 aliphatic rings. The summed E-state index contributed by atoms with van der Waals surface area (Å²) in [5.41, 5.74) is 0. The average Bonchev–Trinajstić information content (AvgIpc) is 2.28. The Labute approximate surface area is 98.4 Å². The van der Waals surface area contributed by atoms with Crippen molar-refractivity contribution < 1.29 is 18.6 Å². The molecule has 0 radical (unpaired) electrons. The molecule has 3 atom stereocenters. The summed E-state index contributed by atoms with van der Waals surface area (Å²) in [5.74, 6) is 0. The third-order valence-corrected chi connectivity index (χ3v) is 3.75. The summed E-state index contributed by atoms with van der Waals surface area (Å²) in [7, 11) is 1.36. The quantitative estimate of drug-likeness (QED) is 0.545. The van der Waals surface area contributed by atoms with E-state index < -0.39 is 17.6 Å². The van der Waals surface area contributed by atoms with E-state index in [0.29, 0.717) is 6.42 Å². The lowest BCUT2D eigenvalue weighted by atomic mass is 9.97. The van der Waals surface area contributed by atoms with Crippen molar-refractivity contribution in [3.63, 3.8) is 0 Å². The maximum atomic E-state index is 11.1. The van der Waals surface area contributed by atoms with E-state index in [4.69, 9.17) is 0 Å². The van der Waals surface area contributed by atoms with E-state index in [0.717, 1.165) is 19.5 Å². The van der Waals surface area contributed by atoms with Crippen molar-refractivity contribution in [1.29, 1.82) is 0 Å². The molecule has 16 heavy (non-hydrogen) atoms. The third-order valence-electron chi connectivity index (χ3n) is 2.92. The number of piperidine rings is 1. The smallest absolute Gasteiger partial charge is 0.234 e. The van der Waals surface area contributed by atoms with Crippen LogP contribution in [0, 0.1) is 0 Å². The van der Waals surface area contributed by atoms with Gasteiger partial charge >= 0.3 is 0 Å². The average molecular weight is 252 g/mol. The predicted octanol–water partition coefficient (Wildman–Crippen LogP) is -1.04. The Bertz CT molecular complexity index is 240. The van der Waals surface area contributed by atoms with Gasteiger partial charge in [-0.3, -0.25) is 9.08 Å². The second-order valence-corrected chi connectivity index (χ2v) is 4.89. The summed E-state index contributed by atoms with van der Waals surface area (Å²) < 4.78 is 18.6. The van der Waals surface area contributed by atoms with Gasteiger partial charge in [0, 0.05) is 12.6 Å². The van der Waals surface area contributed by atoms with Crippen LogP contribution in [0.3, 0.4) is 0 Å². The fraction of sp³-hybridized carbons (Fsp3) is 1.00. The molecule has 0 spiro atoms. The maximum absolute atomic E-state index is 11.1. The van der Waals surface area contributed by atoms with Crippen molar-refractivity contribution in [1.82, 2.24) is 9.62 Å². The second-order valence-electron chi connectivity index (χ2n) is 3.85. The second kappa shape index (κ2) is 6.63. The minimum atomic E-state index is -1.50. The number of nitrogens with zero attached hydrogens (tertiary/aromatic N) is 1. The van der Waals surface area contributed by atoms with Crippen molar-refractivity contribution in [2.24, 2.45) is 0 Å². The number of aliphatic hydroxyl groups is 2. The molecule has 1 saturated heterocycles. The molecule has 0 aromatic rings. The first-order valence-electron chi connectivity index (χ1n) is 5.41. The van der Waals surface area contributed by atoms with Crippen LogP contribution in [-0.4, -0.2) is 57.9 Å². The van der Waals surface area contributed by atoms with Crippen LogP contribution < -0.4 is 4.72 Å². The van der Waals surface area contributed by atoms with Crippen LogP contribution in [0.4, 0.5) is 0 Å². The molecule has 0 aromatic carbocycles. The Hall–Kier alpha value is -0.0500. The number of rotatable bonds is 5. The first kappa shape index (κ1) is 14.0. The van der Waals surface area contributed by atoms with Crippen LogP contribution in [0.1, 0.15) is 19.8 Å². The molecule has 0 aliphatic carbocycles. The maximum Gasteiger partial charge on any atom is 0.234 e. The Morgan fingerprint density at radius 3 is 2.81 bits per heavy atom. The molecule has 1 heterocycles. The minimum Gasteiger partial charge on any atom is -0.367 e. The first-order chi connectivity index (χ1) is 7.58. The fourth-order valence-electron chi connectivity index (χ4n) is 2.04. The zero-order chi connectivity index (χ0) is 12.1. The third kappa shape index (κ3) is 3.76. The van der Waals surface area contributed by atoms with E-state index in [1.165, 1.54) is 7.11 Å². The first-order valence-corrected chi connectivity index (χ1v) is 6.48. The molecule has 0 saturated carbocycles. The van der Waals surface area contributed by atoms with Gasteiger partial charge in [-0.1, -0.05) is 6.92 Å². The fourth-order valence-corrected chi connectivity index (χ4v) is 2.62. The molecule has 3 N–H and O–H groups in total. The van der Waals surface area contributed by atoms with Crippen molar-refractivity contribution in [3.05, 3.63) is 0 Å². The van der Waals surface area contributed by atoms with Crippen LogP contribution in [-0.2, 0) is 15.4 Å². The van der Waals surface area contributed by atoms with E-state index in [2.05, 4.69) is 8.91 Å². The molecule has 0 bridgehead atoms. The molecule has 1 aliphatic heterocycles. The molecule has 7 heteroatoms. The van der Waals surface area contributed by atoms with Crippen molar-refractivity contribution in [2.45, 2.75) is 38.1 Å². The van der Waals surface area contributed by atoms with Crippen LogP contribution >= 0.6 is 0 Å². The molecule has 1 rings (SSSR count). The largest absolute Gasteiger partial charge is 0.367 e. The topological polar surface area (TPSA) is 82.0 Å². The summed E-state index contributed by atoms with van der Waals surface area (Å²) >= 11 is -1.50. The highest BCUT2D eigenvalue weighted by Gasteiger charge is 2.32. The van der Waals surface area contributed by atoms with E-state index in [-0.39, 0.29) is 12.1 Å². The molecule has 6 nitrogen and oxygen atoms in total. The van der Waals surface area contributed by atoms with Gasteiger partial charge in [0.1, 0.15) is 0 Å². The number of hydrogen-bond donors (Lipinski definition) is 3. The van der Waals surface area contributed by atoms with Crippen LogP contribution in [0.25, 0.3) is 0 Å². The molecule has 0 amide bonds. The summed E-state index contributed by atoms with van der Waals surface area (Å²) in [5, 5.41) is 18.5. The standard InChI is InChI=1S/C9H20N2O4S/c1-3-11-5-4-7(10-16(14)15-2)6-8(11)9(12)13/h7-10,12-13H,3-6H2,1-2H3. The van der Waals surface area contributed by atoms with E-state index in [1.807, 2.05) is 11.8 Å². The van der Waals surface area contributed by atoms with Crippen LogP contribution in [0.5, 0.6) is 0 Å². The lowest BCUT2D eigenvalue weighted by Crippen LogP contribution is -2.53. The molecule has 1 fully saturated rings. The highest BCUT2D eigenvalue weighted by atomic mass is 32.2. The Morgan fingerprint density at radius 1 is 1.62 bits per heavy atom. The minimum absolute atomic E-state index is 0.00427. The van der Waals surface area contributed by atoms with Gasteiger partial charge in [0.15, 0.2) is 6.29 Å². The number of nitrogens with one attached hydrogen (secondary N) is 1. The normalized spacial score (nSPS) is 29.6. The number of likely N-dealkylation sites (N-methyl/N-ethyl adjacent to an activating group) is 1. The molecule has 3 unspecified atom stereocenters. The van der Waals surface area contributed by atoms with Crippen LogP contribution in [0.15, 0.2) is 0 Å². The number of likely N-dealkylation sites (tertiary alicyclic amines) is 1. The van der Waals surface area contributed by atoms with Crippen LogP contribution in [0.2, 0.25) is 0 Å². The lowest BCUT2D eigenvalue weighted by Gasteiger charge is -2.39. The van der Waals surface area contributed by atoms with E-state index >= 15 is 0 Å². The molecule has 96 valence electrons. The van der Waals surface area contributed by atoms with Gasteiger partial charge in [0.25, 0.3) is 0 Å². The highest BCUT2D eigenvalue weighted by Crippen LogP contribution is 2.19. The summed E-state index contributed by atoms with van der Waals surface area (Å²) in [6, 6.07) is -0.305. The zero-order valence-electron chi connectivity index (χ0n) is 9.63. The Kier molecular flexibility index (Phi) is 5.81. The van der Waals surface area contributed by atoms with Gasteiger partial charge < -0.3 is 10.2 Å². The number of aliphatic hydroxyl groups excluding tert-OH is 1. The van der Waals surface area contributed by atoms with Gasteiger partial charge in [-0.15, -0.1) is 0 Å². The van der Waals surface area contributed by atoms with E-state index in [1.54, 1.807) is 0 Å². The van der Waals surface area contributed by atoms with Gasteiger partial charge in [-0.25, -0.2) is 8.93 Å². The molecule has 0 aromatic heterocycles. The van der Waals surface area contributed by atoms with Gasteiger partial charge in [0.05, 0.1) is 13.2 Å². The van der Waals surface area contributed by atoms with Gasteiger partial charge in [0.2, 0.25) is 11.3 Å². The van der Waals surface area contributed by atoms with Crippen molar-refractivity contribution >= 4 is 11.3 Å². The molecular weight excluding hydrogens is 232 g/mol. The molecular formula is C9H20N2O4S. The Balaban J connectivity index is 2.51. The Morgan fingerprint density at radius 2 is 2.31 bits per heavy atom.